The van der Waals surface area contributed by atoms with Gasteiger partial charge in [0.15, 0.2) is 0 Å². The molecule has 0 aliphatic rings. The fourth-order valence-electron chi connectivity index (χ4n) is 0.753. The highest BCUT2D eigenvalue weighted by molar-refractivity contribution is 6.17. The van der Waals surface area contributed by atoms with Crippen LogP contribution < -0.4 is 0 Å². The predicted molar refractivity (Wildman–Crippen MR) is 45.7 cm³/mol. The molecule has 0 rings (SSSR count). The Hall–Kier alpha value is -0.500. The standard InChI is InChI=1S/C8H13ClO2/c1-3-7(5-4-6-9)8(10)11-2/h3H,4-6H2,1-2H3/b7-3-. The molecule has 64 valence electrons. The SMILES string of the molecule is C/C=C(/CCCCl)C(=O)OC. The molecule has 0 saturated heterocycles. The van der Waals surface area contributed by atoms with Crippen LogP contribution in [0.2, 0.25) is 0 Å². The summed E-state index contributed by atoms with van der Waals surface area (Å²) in [5.74, 6) is 0.326. The van der Waals surface area contributed by atoms with Gasteiger partial charge in [-0.3, -0.25) is 0 Å². The van der Waals surface area contributed by atoms with Gasteiger partial charge >= 0.3 is 5.97 Å². The number of alkyl halides is 1. The van der Waals surface area contributed by atoms with Crippen molar-refractivity contribution in [3.63, 3.8) is 0 Å². The van der Waals surface area contributed by atoms with Crippen LogP contribution in [0.25, 0.3) is 0 Å². The van der Waals surface area contributed by atoms with Crippen molar-refractivity contribution >= 4 is 17.6 Å². The molecule has 0 fully saturated rings. The van der Waals surface area contributed by atoms with E-state index in [-0.39, 0.29) is 5.97 Å². The highest BCUT2D eigenvalue weighted by Crippen LogP contribution is 2.07. The topological polar surface area (TPSA) is 26.3 Å². The summed E-state index contributed by atoms with van der Waals surface area (Å²) in [7, 11) is 1.38. The van der Waals surface area contributed by atoms with Crippen molar-refractivity contribution in [2.45, 2.75) is 19.8 Å². The van der Waals surface area contributed by atoms with Gasteiger partial charge in [0.25, 0.3) is 0 Å². The van der Waals surface area contributed by atoms with E-state index < -0.39 is 0 Å². The fraction of sp³-hybridized carbons (Fsp3) is 0.625. The van der Waals surface area contributed by atoms with E-state index in [4.69, 9.17) is 11.6 Å². The molecule has 0 saturated carbocycles. The van der Waals surface area contributed by atoms with Crippen LogP contribution in [0, 0.1) is 0 Å². The van der Waals surface area contributed by atoms with E-state index in [1.165, 1.54) is 7.11 Å². The molecule has 0 bridgehead atoms. The second kappa shape index (κ2) is 6.23. The zero-order chi connectivity index (χ0) is 8.69. The van der Waals surface area contributed by atoms with E-state index in [2.05, 4.69) is 4.74 Å². The van der Waals surface area contributed by atoms with Crippen molar-refractivity contribution in [2.24, 2.45) is 0 Å². The number of halogens is 1. The van der Waals surface area contributed by atoms with Crippen LogP contribution in [0.15, 0.2) is 11.6 Å². The van der Waals surface area contributed by atoms with Gasteiger partial charge in [-0.2, -0.15) is 0 Å². The number of carbonyl (C=O) groups excluding carboxylic acids is 1. The van der Waals surface area contributed by atoms with E-state index >= 15 is 0 Å². The largest absolute Gasteiger partial charge is 0.466 e. The molecule has 0 atom stereocenters. The second-order valence-corrected chi connectivity index (χ2v) is 2.48. The van der Waals surface area contributed by atoms with Gasteiger partial charge in [0.1, 0.15) is 0 Å². The normalized spacial score (nSPS) is 11.4. The van der Waals surface area contributed by atoms with Crippen molar-refractivity contribution in [1.29, 1.82) is 0 Å². The lowest BCUT2D eigenvalue weighted by Gasteiger charge is -2.01. The van der Waals surface area contributed by atoms with Crippen LogP contribution in [0.4, 0.5) is 0 Å². The molecule has 0 aliphatic heterocycles. The molecule has 2 nitrogen and oxygen atoms in total. The number of hydrogen-bond donors (Lipinski definition) is 0. The summed E-state index contributed by atoms with van der Waals surface area (Å²) in [5, 5.41) is 0. The Morgan fingerprint density at radius 2 is 2.27 bits per heavy atom. The third-order valence-corrected chi connectivity index (χ3v) is 1.64. The van der Waals surface area contributed by atoms with Crippen LogP contribution in [-0.4, -0.2) is 19.0 Å². The summed E-state index contributed by atoms with van der Waals surface area (Å²) in [6.45, 7) is 1.82. The first-order valence-electron chi connectivity index (χ1n) is 3.55. The van der Waals surface area contributed by atoms with Crippen LogP contribution in [0.3, 0.4) is 0 Å². The van der Waals surface area contributed by atoms with Gasteiger partial charge in [-0.05, 0) is 19.8 Å². The Balaban J connectivity index is 3.87. The predicted octanol–water partition coefficient (Wildman–Crippen LogP) is 2.12. The molecule has 0 aromatic rings. The average Bonchev–Trinajstić information content (AvgIpc) is 2.05. The van der Waals surface area contributed by atoms with E-state index in [0.717, 1.165) is 6.42 Å². The lowest BCUT2D eigenvalue weighted by molar-refractivity contribution is -0.136. The van der Waals surface area contributed by atoms with Crippen molar-refractivity contribution in [3.05, 3.63) is 11.6 Å². The molecule has 0 aromatic carbocycles. The summed E-state index contributed by atoms with van der Waals surface area (Å²) in [4.78, 5) is 10.9. The summed E-state index contributed by atoms with van der Waals surface area (Å²) in [6, 6.07) is 0. The van der Waals surface area contributed by atoms with Gasteiger partial charge in [-0.1, -0.05) is 6.08 Å². The quantitative estimate of drug-likeness (QED) is 0.373. The smallest absolute Gasteiger partial charge is 0.333 e. The summed E-state index contributed by atoms with van der Waals surface area (Å²) in [5.41, 5.74) is 0.702. The Morgan fingerprint density at radius 3 is 2.64 bits per heavy atom. The molecule has 0 heterocycles. The Kier molecular flexibility index (Phi) is 5.94. The molecule has 0 N–H and O–H groups in total. The summed E-state index contributed by atoms with van der Waals surface area (Å²) < 4.78 is 4.55. The average molecular weight is 177 g/mol. The van der Waals surface area contributed by atoms with Gasteiger partial charge in [0.05, 0.1) is 7.11 Å². The van der Waals surface area contributed by atoms with Crippen molar-refractivity contribution < 1.29 is 9.53 Å². The van der Waals surface area contributed by atoms with Crippen molar-refractivity contribution in [1.82, 2.24) is 0 Å². The van der Waals surface area contributed by atoms with Crippen LogP contribution >= 0.6 is 11.6 Å². The number of hydrogen-bond acceptors (Lipinski definition) is 2. The van der Waals surface area contributed by atoms with Gasteiger partial charge in [-0.15, -0.1) is 11.6 Å². The van der Waals surface area contributed by atoms with E-state index in [9.17, 15) is 4.79 Å². The molecular formula is C8H13ClO2. The van der Waals surface area contributed by atoms with Crippen molar-refractivity contribution in [3.8, 4) is 0 Å². The molecule has 0 aromatic heterocycles. The number of methoxy groups -OCH3 is 1. The summed E-state index contributed by atoms with van der Waals surface area (Å²) in [6.07, 6.45) is 3.28. The highest BCUT2D eigenvalue weighted by atomic mass is 35.5. The number of rotatable bonds is 4. The number of esters is 1. The lowest BCUT2D eigenvalue weighted by atomic mass is 10.1. The number of allylic oxidation sites excluding steroid dienone is 1. The van der Waals surface area contributed by atoms with Crippen LogP contribution in [-0.2, 0) is 9.53 Å². The van der Waals surface area contributed by atoms with Gasteiger partial charge < -0.3 is 4.74 Å². The molecule has 0 aliphatic carbocycles. The first kappa shape index (κ1) is 10.5. The minimum Gasteiger partial charge on any atom is -0.466 e. The lowest BCUT2D eigenvalue weighted by Crippen LogP contribution is -2.04. The first-order valence-corrected chi connectivity index (χ1v) is 4.09. The molecule has 0 spiro atoms. The molecular weight excluding hydrogens is 164 g/mol. The van der Waals surface area contributed by atoms with Crippen LogP contribution in [0.5, 0.6) is 0 Å². The molecule has 0 unspecified atom stereocenters. The highest BCUT2D eigenvalue weighted by Gasteiger charge is 2.06. The third kappa shape index (κ3) is 4.04. The van der Waals surface area contributed by atoms with Gasteiger partial charge in [0, 0.05) is 11.5 Å². The number of ether oxygens (including phenoxy) is 1. The maximum Gasteiger partial charge on any atom is 0.333 e. The maximum atomic E-state index is 10.9. The zero-order valence-electron chi connectivity index (χ0n) is 6.89. The Bertz CT molecular complexity index is 152. The van der Waals surface area contributed by atoms with E-state index in [1.807, 2.05) is 6.92 Å². The summed E-state index contributed by atoms with van der Waals surface area (Å²) >= 11 is 5.47. The molecule has 11 heavy (non-hydrogen) atoms. The fourth-order valence-corrected chi connectivity index (χ4v) is 0.886. The van der Waals surface area contributed by atoms with Crippen molar-refractivity contribution in [2.75, 3.05) is 13.0 Å². The zero-order valence-corrected chi connectivity index (χ0v) is 7.65. The maximum absolute atomic E-state index is 10.9. The van der Waals surface area contributed by atoms with E-state index in [1.54, 1.807) is 6.08 Å². The second-order valence-electron chi connectivity index (χ2n) is 2.10. The van der Waals surface area contributed by atoms with Crippen LogP contribution in [0.1, 0.15) is 19.8 Å². The molecule has 3 heteroatoms. The Morgan fingerprint density at radius 1 is 1.64 bits per heavy atom. The van der Waals surface area contributed by atoms with E-state index in [0.29, 0.717) is 17.9 Å². The minimum atomic E-state index is -0.252. The third-order valence-electron chi connectivity index (χ3n) is 1.38. The van der Waals surface area contributed by atoms with Gasteiger partial charge in [0.2, 0.25) is 0 Å². The molecule has 0 amide bonds. The molecule has 0 radical (unpaired) electrons. The monoisotopic (exact) mass is 176 g/mol. The first-order chi connectivity index (χ1) is 5.26. The Labute approximate surface area is 72.2 Å². The van der Waals surface area contributed by atoms with Gasteiger partial charge in [-0.25, -0.2) is 4.79 Å². The minimum absolute atomic E-state index is 0.252. The number of carbonyl (C=O) groups is 1.